The van der Waals surface area contributed by atoms with Crippen LogP contribution >= 0.6 is 0 Å². The molecule has 1 aromatic rings. The second kappa shape index (κ2) is 8.14. The SMILES string of the molecule is CCCC(CCC)C(=O)NC1CC(=O)N(c2ccc(C)cc2)C1. The molecule has 0 aromatic heterocycles. The first-order valence-electron chi connectivity index (χ1n) is 8.72. The number of hydrogen-bond donors (Lipinski definition) is 1. The second-order valence-electron chi connectivity index (χ2n) is 6.52. The Hall–Kier alpha value is -1.84. The zero-order chi connectivity index (χ0) is 16.8. The highest BCUT2D eigenvalue weighted by Crippen LogP contribution is 2.23. The molecular formula is C19H28N2O2. The molecule has 0 saturated carbocycles. The highest BCUT2D eigenvalue weighted by atomic mass is 16.2. The van der Waals surface area contributed by atoms with Gasteiger partial charge in [0.1, 0.15) is 0 Å². The summed E-state index contributed by atoms with van der Waals surface area (Å²) < 4.78 is 0. The molecule has 1 saturated heterocycles. The number of nitrogens with zero attached hydrogens (tertiary/aromatic N) is 1. The Balaban J connectivity index is 1.96. The number of aryl methyl sites for hydroxylation is 1. The van der Waals surface area contributed by atoms with Gasteiger partial charge in [-0.1, -0.05) is 44.4 Å². The number of anilines is 1. The summed E-state index contributed by atoms with van der Waals surface area (Å²) in [5.41, 5.74) is 2.09. The first-order valence-corrected chi connectivity index (χ1v) is 8.72. The Labute approximate surface area is 139 Å². The summed E-state index contributed by atoms with van der Waals surface area (Å²) >= 11 is 0. The largest absolute Gasteiger partial charge is 0.351 e. The van der Waals surface area contributed by atoms with Crippen LogP contribution in [-0.2, 0) is 9.59 Å². The van der Waals surface area contributed by atoms with Crippen molar-refractivity contribution >= 4 is 17.5 Å². The van der Waals surface area contributed by atoms with E-state index in [1.54, 1.807) is 4.90 Å². The molecule has 0 radical (unpaired) electrons. The van der Waals surface area contributed by atoms with Gasteiger partial charge in [0.25, 0.3) is 0 Å². The van der Waals surface area contributed by atoms with Crippen LogP contribution in [0.3, 0.4) is 0 Å². The van der Waals surface area contributed by atoms with Gasteiger partial charge in [0.15, 0.2) is 0 Å². The molecular weight excluding hydrogens is 288 g/mol. The lowest BCUT2D eigenvalue weighted by molar-refractivity contribution is -0.126. The molecule has 0 spiro atoms. The van der Waals surface area contributed by atoms with Crippen LogP contribution in [0.25, 0.3) is 0 Å². The van der Waals surface area contributed by atoms with Crippen molar-refractivity contribution in [3.8, 4) is 0 Å². The maximum atomic E-state index is 12.4. The third-order valence-corrected chi connectivity index (χ3v) is 4.46. The lowest BCUT2D eigenvalue weighted by atomic mass is 9.97. The smallest absolute Gasteiger partial charge is 0.229 e. The van der Waals surface area contributed by atoms with Crippen LogP contribution in [0.4, 0.5) is 5.69 Å². The van der Waals surface area contributed by atoms with E-state index < -0.39 is 0 Å². The summed E-state index contributed by atoms with van der Waals surface area (Å²) in [7, 11) is 0. The van der Waals surface area contributed by atoms with Gasteiger partial charge in [0.05, 0.1) is 6.04 Å². The van der Waals surface area contributed by atoms with Crippen molar-refractivity contribution in [1.82, 2.24) is 5.32 Å². The molecule has 0 aliphatic carbocycles. The van der Waals surface area contributed by atoms with E-state index in [-0.39, 0.29) is 23.8 Å². The molecule has 4 nitrogen and oxygen atoms in total. The van der Waals surface area contributed by atoms with Crippen LogP contribution in [-0.4, -0.2) is 24.4 Å². The van der Waals surface area contributed by atoms with Gasteiger partial charge < -0.3 is 10.2 Å². The van der Waals surface area contributed by atoms with Crippen LogP contribution in [0.5, 0.6) is 0 Å². The van der Waals surface area contributed by atoms with Gasteiger partial charge >= 0.3 is 0 Å². The number of hydrogen-bond acceptors (Lipinski definition) is 2. The van der Waals surface area contributed by atoms with Gasteiger partial charge in [-0.3, -0.25) is 9.59 Å². The van der Waals surface area contributed by atoms with E-state index in [2.05, 4.69) is 19.2 Å². The molecule has 126 valence electrons. The lowest BCUT2D eigenvalue weighted by Crippen LogP contribution is -2.40. The standard InChI is InChI=1S/C19H28N2O2/c1-4-6-15(7-5-2)19(23)20-16-12-18(22)21(13-16)17-10-8-14(3)9-11-17/h8-11,15-16H,4-7,12-13H2,1-3H3,(H,20,23). The summed E-state index contributed by atoms with van der Waals surface area (Å²) in [5, 5.41) is 3.09. The topological polar surface area (TPSA) is 49.4 Å². The zero-order valence-electron chi connectivity index (χ0n) is 14.5. The monoisotopic (exact) mass is 316 g/mol. The molecule has 1 fully saturated rings. The molecule has 2 amide bonds. The summed E-state index contributed by atoms with van der Waals surface area (Å²) in [5.74, 6) is 0.271. The second-order valence-corrected chi connectivity index (χ2v) is 6.52. The molecule has 1 atom stereocenters. The summed E-state index contributed by atoms with van der Waals surface area (Å²) in [6, 6.07) is 7.87. The van der Waals surface area contributed by atoms with E-state index in [9.17, 15) is 9.59 Å². The number of nitrogens with one attached hydrogen (secondary N) is 1. The van der Waals surface area contributed by atoms with Crippen molar-refractivity contribution in [2.75, 3.05) is 11.4 Å². The van der Waals surface area contributed by atoms with Gasteiger partial charge in [-0.2, -0.15) is 0 Å². The van der Waals surface area contributed by atoms with Crippen molar-refractivity contribution in [1.29, 1.82) is 0 Å². The minimum absolute atomic E-state index is 0.0764. The van der Waals surface area contributed by atoms with E-state index >= 15 is 0 Å². The van der Waals surface area contributed by atoms with Crippen LogP contribution in [0.1, 0.15) is 51.5 Å². The Kier molecular flexibility index (Phi) is 6.20. The average Bonchev–Trinajstić information content (AvgIpc) is 2.88. The normalized spacial score (nSPS) is 17.8. The van der Waals surface area contributed by atoms with Crippen molar-refractivity contribution in [3.05, 3.63) is 29.8 Å². The molecule has 1 aromatic carbocycles. The fourth-order valence-corrected chi connectivity index (χ4v) is 3.20. The van der Waals surface area contributed by atoms with Crippen molar-refractivity contribution in [2.24, 2.45) is 5.92 Å². The predicted octanol–water partition coefficient (Wildman–Crippen LogP) is 3.43. The number of rotatable bonds is 7. The zero-order valence-corrected chi connectivity index (χ0v) is 14.5. The van der Waals surface area contributed by atoms with E-state index in [0.29, 0.717) is 13.0 Å². The minimum Gasteiger partial charge on any atom is -0.351 e. The Bertz CT molecular complexity index is 533. The molecule has 1 aliphatic heterocycles. The van der Waals surface area contributed by atoms with E-state index in [4.69, 9.17) is 0 Å². The molecule has 1 unspecified atom stereocenters. The first kappa shape index (κ1) is 17.5. The van der Waals surface area contributed by atoms with Crippen molar-refractivity contribution < 1.29 is 9.59 Å². The van der Waals surface area contributed by atoms with Gasteiger partial charge in [-0.15, -0.1) is 0 Å². The van der Waals surface area contributed by atoms with E-state index in [0.717, 1.165) is 31.4 Å². The molecule has 4 heteroatoms. The fraction of sp³-hybridized carbons (Fsp3) is 0.579. The Morgan fingerprint density at radius 1 is 1.22 bits per heavy atom. The number of carbonyl (C=O) groups is 2. The lowest BCUT2D eigenvalue weighted by Gasteiger charge is -2.20. The molecule has 0 bridgehead atoms. The first-order chi connectivity index (χ1) is 11.0. The highest BCUT2D eigenvalue weighted by molar-refractivity contribution is 5.96. The van der Waals surface area contributed by atoms with E-state index in [1.165, 1.54) is 5.56 Å². The number of carbonyl (C=O) groups excluding carboxylic acids is 2. The van der Waals surface area contributed by atoms with Gasteiger partial charge in [0.2, 0.25) is 11.8 Å². The Morgan fingerprint density at radius 3 is 2.39 bits per heavy atom. The third-order valence-electron chi connectivity index (χ3n) is 4.46. The predicted molar refractivity (Wildman–Crippen MR) is 93.4 cm³/mol. The van der Waals surface area contributed by atoms with Gasteiger partial charge in [0, 0.05) is 24.6 Å². The highest BCUT2D eigenvalue weighted by Gasteiger charge is 2.32. The van der Waals surface area contributed by atoms with Crippen LogP contribution in [0.15, 0.2) is 24.3 Å². The molecule has 1 heterocycles. The number of amides is 2. The van der Waals surface area contributed by atoms with E-state index in [1.807, 2.05) is 31.2 Å². The van der Waals surface area contributed by atoms with Gasteiger partial charge in [-0.25, -0.2) is 0 Å². The summed E-state index contributed by atoms with van der Waals surface area (Å²) in [6.45, 7) is 6.81. The third kappa shape index (κ3) is 4.57. The number of benzene rings is 1. The molecule has 23 heavy (non-hydrogen) atoms. The molecule has 1 N–H and O–H groups in total. The Morgan fingerprint density at radius 2 is 1.83 bits per heavy atom. The van der Waals surface area contributed by atoms with Crippen molar-refractivity contribution in [2.45, 2.75) is 58.9 Å². The molecule has 2 rings (SSSR count). The minimum atomic E-state index is -0.0764. The molecule has 1 aliphatic rings. The summed E-state index contributed by atoms with van der Waals surface area (Å²) in [4.78, 5) is 26.5. The average molecular weight is 316 g/mol. The van der Waals surface area contributed by atoms with Crippen LogP contribution in [0, 0.1) is 12.8 Å². The summed E-state index contributed by atoms with van der Waals surface area (Å²) in [6.07, 6.45) is 4.25. The van der Waals surface area contributed by atoms with Crippen LogP contribution < -0.4 is 10.2 Å². The maximum absolute atomic E-state index is 12.4. The van der Waals surface area contributed by atoms with Crippen molar-refractivity contribution in [3.63, 3.8) is 0 Å². The quantitative estimate of drug-likeness (QED) is 0.838. The van der Waals surface area contributed by atoms with Crippen LogP contribution in [0.2, 0.25) is 0 Å². The fourth-order valence-electron chi connectivity index (χ4n) is 3.20. The van der Waals surface area contributed by atoms with Gasteiger partial charge in [-0.05, 0) is 31.9 Å². The maximum Gasteiger partial charge on any atom is 0.229 e.